The van der Waals surface area contributed by atoms with E-state index in [1.807, 2.05) is 0 Å². The highest BCUT2D eigenvalue weighted by Gasteiger charge is 2.19. The Morgan fingerprint density at radius 2 is 1.57 bits per heavy atom. The first-order valence-electron chi connectivity index (χ1n) is 11.1. The second-order valence-corrected chi connectivity index (χ2v) is 8.01. The number of fused-ring (bicyclic) bond motifs is 1. The minimum absolute atomic E-state index is 0.0172. The summed E-state index contributed by atoms with van der Waals surface area (Å²) in [7, 11) is 1.44. The van der Waals surface area contributed by atoms with Crippen molar-refractivity contribution in [3.8, 4) is 11.5 Å². The van der Waals surface area contributed by atoms with Crippen molar-refractivity contribution in [2.45, 2.75) is 6.92 Å². The second kappa shape index (κ2) is 10.6. The predicted octanol–water partition coefficient (Wildman–Crippen LogP) is 5.28. The maximum absolute atomic E-state index is 13.1. The lowest BCUT2D eigenvalue weighted by Gasteiger charge is -2.12. The number of rotatable bonds is 7. The molecule has 186 valence electrons. The molecule has 4 rings (SSSR count). The van der Waals surface area contributed by atoms with Crippen molar-refractivity contribution in [2.75, 3.05) is 17.7 Å². The van der Waals surface area contributed by atoms with E-state index in [0.717, 1.165) is 0 Å². The van der Waals surface area contributed by atoms with Gasteiger partial charge < -0.3 is 26.2 Å². The Morgan fingerprint density at radius 3 is 2.22 bits per heavy atom. The van der Waals surface area contributed by atoms with Crippen LogP contribution in [0.5, 0.6) is 11.5 Å². The standard InChI is InChI=1S/C27H23N5O5/c1-15(33)29-18-8-10-19(11-9-18)30-27(36)21-13-16-5-3-4-6-20(16)24(25(21)34)32-31-22-14-17(26(28)35)7-12-23(22)37-2/h3-14,34H,1-2H3,(H2,28,35)(H,29,33)(H,30,36). The van der Waals surface area contributed by atoms with Crippen molar-refractivity contribution in [3.63, 3.8) is 0 Å². The van der Waals surface area contributed by atoms with Gasteiger partial charge >= 0.3 is 0 Å². The van der Waals surface area contributed by atoms with E-state index in [2.05, 4.69) is 20.9 Å². The quantitative estimate of drug-likeness (QED) is 0.256. The predicted molar refractivity (Wildman–Crippen MR) is 140 cm³/mol. The average molecular weight is 498 g/mol. The summed E-state index contributed by atoms with van der Waals surface area (Å²) in [5.41, 5.74) is 6.89. The Bertz CT molecular complexity index is 1550. The van der Waals surface area contributed by atoms with Gasteiger partial charge in [-0.05, 0) is 53.9 Å². The normalized spacial score (nSPS) is 10.9. The summed E-state index contributed by atoms with van der Waals surface area (Å²) in [5, 5.41) is 26.1. The number of phenols is 1. The Morgan fingerprint density at radius 1 is 0.892 bits per heavy atom. The van der Waals surface area contributed by atoms with Crippen LogP contribution in [0, 0.1) is 0 Å². The zero-order valence-corrected chi connectivity index (χ0v) is 20.0. The molecular weight excluding hydrogens is 474 g/mol. The maximum Gasteiger partial charge on any atom is 0.259 e. The van der Waals surface area contributed by atoms with E-state index in [-0.39, 0.29) is 34.2 Å². The third-order valence-electron chi connectivity index (χ3n) is 5.42. The van der Waals surface area contributed by atoms with Crippen LogP contribution in [0.15, 0.2) is 83.0 Å². The van der Waals surface area contributed by atoms with E-state index < -0.39 is 11.8 Å². The molecule has 0 aliphatic rings. The number of amides is 3. The molecule has 0 spiro atoms. The minimum Gasteiger partial charge on any atom is -0.505 e. The molecule has 0 fully saturated rings. The van der Waals surface area contributed by atoms with Gasteiger partial charge in [-0.3, -0.25) is 14.4 Å². The number of nitrogens with zero attached hydrogens (tertiary/aromatic N) is 2. The number of primary amides is 1. The summed E-state index contributed by atoms with van der Waals surface area (Å²) in [6, 6.07) is 19.6. The smallest absolute Gasteiger partial charge is 0.259 e. The van der Waals surface area contributed by atoms with Crippen LogP contribution in [0.4, 0.5) is 22.7 Å². The van der Waals surface area contributed by atoms with Gasteiger partial charge in [-0.15, -0.1) is 10.2 Å². The molecule has 0 radical (unpaired) electrons. The van der Waals surface area contributed by atoms with Gasteiger partial charge in [-0.1, -0.05) is 24.3 Å². The lowest BCUT2D eigenvalue weighted by atomic mass is 10.0. The molecule has 0 unspecified atom stereocenters. The Balaban J connectivity index is 1.72. The van der Waals surface area contributed by atoms with Crippen LogP contribution < -0.4 is 21.1 Å². The average Bonchev–Trinajstić information content (AvgIpc) is 2.88. The van der Waals surface area contributed by atoms with E-state index in [1.54, 1.807) is 54.6 Å². The summed E-state index contributed by atoms with van der Waals surface area (Å²) < 4.78 is 5.29. The number of ether oxygens (including phenoxy) is 1. The topological polar surface area (TPSA) is 155 Å². The number of phenolic OH excluding ortho intramolecular Hbond substituents is 1. The molecular formula is C27H23N5O5. The van der Waals surface area contributed by atoms with Crippen LogP contribution in [-0.2, 0) is 4.79 Å². The molecule has 0 heterocycles. The number of methoxy groups -OCH3 is 1. The van der Waals surface area contributed by atoms with Gasteiger partial charge in [0.1, 0.15) is 17.1 Å². The van der Waals surface area contributed by atoms with E-state index in [0.29, 0.717) is 27.9 Å². The molecule has 0 atom stereocenters. The van der Waals surface area contributed by atoms with E-state index in [9.17, 15) is 19.5 Å². The fourth-order valence-corrected chi connectivity index (χ4v) is 3.66. The second-order valence-electron chi connectivity index (χ2n) is 8.01. The van der Waals surface area contributed by atoms with Crippen LogP contribution in [0.1, 0.15) is 27.6 Å². The summed E-state index contributed by atoms with van der Waals surface area (Å²) in [5.74, 6) is -1.45. The number of hydrogen-bond donors (Lipinski definition) is 4. The van der Waals surface area contributed by atoms with Crippen molar-refractivity contribution in [1.29, 1.82) is 0 Å². The first-order chi connectivity index (χ1) is 17.8. The third-order valence-corrected chi connectivity index (χ3v) is 5.42. The molecule has 0 aliphatic heterocycles. The molecule has 0 saturated heterocycles. The van der Waals surface area contributed by atoms with Gasteiger partial charge in [0.15, 0.2) is 5.75 Å². The summed E-state index contributed by atoms with van der Waals surface area (Å²) in [6.07, 6.45) is 0. The zero-order valence-electron chi connectivity index (χ0n) is 20.0. The van der Waals surface area contributed by atoms with Gasteiger partial charge in [0.2, 0.25) is 11.8 Å². The van der Waals surface area contributed by atoms with Crippen LogP contribution in [0.25, 0.3) is 10.8 Å². The van der Waals surface area contributed by atoms with Crippen molar-refractivity contribution in [3.05, 3.63) is 83.9 Å². The number of nitrogens with one attached hydrogen (secondary N) is 2. The first kappa shape index (κ1) is 24.9. The third kappa shape index (κ3) is 5.54. The van der Waals surface area contributed by atoms with Crippen molar-refractivity contribution >= 4 is 51.2 Å². The number of benzene rings is 4. The lowest BCUT2D eigenvalue weighted by Crippen LogP contribution is -2.12. The molecule has 0 aliphatic carbocycles. The molecule has 10 nitrogen and oxygen atoms in total. The van der Waals surface area contributed by atoms with Gasteiger partial charge in [-0.2, -0.15) is 0 Å². The molecule has 5 N–H and O–H groups in total. The van der Waals surface area contributed by atoms with E-state index in [4.69, 9.17) is 10.5 Å². The number of hydrogen-bond acceptors (Lipinski definition) is 7. The van der Waals surface area contributed by atoms with Gasteiger partial charge in [0.05, 0.1) is 12.7 Å². The van der Waals surface area contributed by atoms with Crippen LogP contribution >= 0.6 is 0 Å². The largest absolute Gasteiger partial charge is 0.505 e. The molecule has 0 saturated carbocycles. The van der Waals surface area contributed by atoms with Gasteiger partial charge in [0.25, 0.3) is 5.91 Å². The SMILES string of the molecule is COc1ccc(C(N)=O)cc1N=Nc1c(O)c(C(=O)Nc2ccc(NC(C)=O)cc2)cc2ccccc12. The number of anilines is 2. The number of aromatic hydroxyl groups is 1. The van der Waals surface area contributed by atoms with Crippen LogP contribution in [-0.4, -0.2) is 29.9 Å². The summed E-state index contributed by atoms with van der Waals surface area (Å²) >= 11 is 0. The van der Waals surface area contributed by atoms with E-state index >= 15 is 0 Å². The van der Waals surface area contributed by atoms with Crippen LogP contribution in [0.3, 0.4) is 0 Å². The highest BCUT2D eigenvalue weighted by atomic mass is 16.5. The monoisotopic (exact) mass is 497 g/mol. The fourth-order valence-electron chi connectivity index (χ4n) is 3.66. The van der Waals surface area contributed by atoms with Crippen molar-refractivity contribution in [1.82, 2.24) is 0 Å². The molecule has 10 heteroatoms. The van der Waals surface area contributed by atoms with Crippen LogP contribution in [0.2, 0.25) is 0 Å². The molecule has 0 aromatic heterocycles. The zero-order chi connectivity index (χ0) is 26.5. The molecule has 3 amide bonds. The number of carbonyl (C=O) groups excluding carboxylic acids is 3. The van der Waals surface area contributed by atoms with E-state index in [1.165, 1.54) is 32.2 Å². The molecule has 37 heavy (non-hydrogen) atoms. The molecule has 4 aromatic rings. The molecule has 4 aromatic carbocycles. The lowest BCUT2D eigenvalue weighted by molar-refractivity contribution is -0.114. The Kier molecular flexibility index (Phi) is 7.10. The van der Waals surface area contributed by atoms with Gasteiger partial charge in [-0.25, -0.2) is 0 Å². The van der Waals surface area contributed by atoms with Crippen molar-refractivity contribution < 1.29 is 24.2 Å². The highest BCUT2D eigenvalue weighted by Crippen LogP contribution is 2.40. The van der Waals surface area contributed by atoms with Gasteiger partial charge in [0, 0.05) is 29.2 Å². The Labute approximate surface area is 211 Å². The Hall–Kier alpha value is -5.25. The maximum atomic E-state index is 13.1. The summed E-state index contributed by atoms with van der Waals surface area (Å²) in [4.78, 5) is 35.9. The fraction of sp³-hybridized carbons (Fsp3) is 0.0741. The first-order valence-corrected chi connectivity index (χ1v) is 11.1. The van der Waals surface area contributed by atoms with Crippen molar-refractivity contribution in [2.24, 2.45) is 16.0 Å². The number of azo groups is 1. The molecule has 0 bridgehead atoms. The minimum atomic E-state index is -0.642. The summed E-state index contributed by atoms with van der Waals surface area (Å²) in [6.45, 7) is 1.40. The number of nitrogens with two attached hydrogens (primary N) is 1. The highest BCUT2D eigenvalue weighted by molar-refractivity contribution is 6.11. The number of carbonyl (C=O) groups is 3.